The highest BCUT2D eigenvalue weighted by molar-refractivity contribution is 7.47. The number of aliphatic hydroxyl groups excluding tert-OH is 1. The van der Waals surface area contributed by atoms with Crippen LogP contribution in [0.15, 0.2) is 0 Å². The number of aliphatic hydroxyl groups is 1. The standard InChI is InChI=1S/C83H162O17P2/c1-6-9-12-15-18-21-24-27-28-29-30-34-38-42-47-52-57-62-67-81(86)94-73-79(100-83(88)69-64-59-54-49-44-39-35-32-31-33-37-40-45-50-55-60-65-76(4)5)75-98-102(91,92)96-71-77(84)70-95-101(89,90)97-74-78(72-93-80(85)66-61-56-51-46-41-26-23-20-17-14-11-8-3)99-82(87)68-63-58-53-48-43-36-25-22-19-16-13-10-7-2/h76-79,84H,6-75H2,1-5H3,(H,89,90)(H,91,92)/t77-,78+,79+/m0/s1. The van der Waals surface area contributed by atoms with Crippen molar-refractivity contribution in [3.63, 3.8) is 0 Å². The SMILES string of the molecule is CCCCCCCCCCCCCCCCCCCCC(=O)OC[C@H](COP(=O)(O)OC[C@@H](O)COP(=O)(O)OC[C@@H](COC(=O)CCCCCCCCCCCCCC)OC(=O)CCCCCCCCCCCCCCC)OC(=O)CCCCCCCCCCCCCCCCCCC(C)C. The minimum atomic E-state index is -4.96. The molecule has 3 N–H and O–H groups in total. The molecule has 0 saturated heterocycles. The van der Waals surface area contributed by atoms with Crippen LogP contribution in [0.5, 0.6) is 0 Å². The third-order valence-corrected chi connectivity index (χ3v) is 21.4. The number of ether oxygens (including phenoxy) is 4. The molecule has 5 atom stereocenters. The maximum atomic E-state index is 13.1. The number of hydrogen-bond acceptors (Lipinski definition) is 15. The van der Waals surface area contributed by atoms with Crippen molar-refractivity contribution in [3.05, 3.63) is 0 Å². The fraction of sp³-hybridized carbons (Fsp3) is 0.952. The second-order valence-electron chi connectivity index (χ2n) is 30.3. The molecule has 0 aromatic rings. The van der Waals surface area contributed by atoms with Gasteiger partial charge in [0.1, 0.15) is 19.3 Å². The van der Waals surface area contributed by atoms with Crippen LogP contribution in [0.25, 0.3) is 0 Å². The zero-order chi connectivity index (χ0) is 74.8. The molecule has 0 rings (SSSR count). The first-order valence-electron chi connectivity index (χ1n) is 43.1. The average Bonchev–Trinajstić information content (AvgIpc) is 0.914. The largest absolute Gasteiger partial charge is 0.472 e. The molecule has 0 aromatic heterocycles. The number of carbonyl (C=O) groups excluding carboxylic acids is 4. The lowest BCUT2D eigenvalue weighted by Crippen LogP contribution is -2.30. The summed E-state index contributed by atoms with van der Waals surface area (Å²) in [6.07, 6.45) is 67.9. The molecule has 0 radical (unpaired) electrons. The van der Waals surface area contributed by atoms with Crippen molar-refractivity contribution < 1.29 is 80.2 Å². The topological polar surface area (TPSA) is 237 Å². The van der Waals surface area contributed by atoms with Gasteiger partial charge in [0, 0.05) is 25.7 Å². The third-order valence-electron chi connectivity index (χ3n) is 19.5. The van der Waals surface area contributed by atoms with E-state index < -0.39 is 97.5 Å². The predicted octanol–water partition coefficient (Wildman–Crippen LogP) is 25.2. The summed E-state index contributed by atoms with van der Waals surface area (Å²) in [4.78, 5) is 73.1. The second-order valence-corrected chi connectivity index (χ2v) is 33.3. The van der Waals surface area contributed by atoms with Gasteiger partial charge in [0.05, 0.1) is 26.4 Å². The number of carbonyl (C=O) groups is 4. The van der Waals surface area contributed by atoms with Gasteiger partial charge < -0.3 is 33.8 Å². The van der Waals surface area contributed by atoms with Crippen molar-refractivity contribution in [2.24, 2.45) is 5.92 Å². The number of unbranched alkanes of at least 4 members (excludes halogenated alkanes) is 55. The normalized spacial score (nSPS) is 13.8. The number of phosphoric ester groups is 2. The van der Waals surface area contributed by atoms with Crippen LogP contribution < -0.4 is 0 Å². The van der Waals surface area contributed by atoms with E-state index in [0.29, 0.717) is 25.7 Å². The highest BCUT2D eigenvalue weighted by Crippen LogP contribution is 2.45. The first-order chi connectivity index (χ1) is 49.5. The molecule has 102 heavy (non-hydrogen) atoms. The molecule has 0 aliphatic heterocycles. The van der Waals surface area contributed by atoms with Gasteiger partial charge in [-0.25, -0.2) is 9.13 Å². The zero-order valence-corrected chi connectivity index (χ0v) is 68.5. The number of rotatable bonds is 83. The van der Waals surface area contributed by atoms with Crippen molar-refractivity contribution >= 4 is 39.5 Å². The van der Waals surface area contributed by atoms with Crippen molar-refractivity contribution in [1.29, 1.82) is 0 Å². The molecule has 0 amide bonds. The summed E-state index contributed by atoms with van der Waals surface area (Å²) in [5.41, 5.74) is 0. The molecular weight excluding hydrogens is 1330 g/mol. The van der Waals surface area contributed by atoms with E-state index in [0.717, 1.165) is 95.8 Å². The minimum Gasteiger partial charge on any atom is -0.462 e. The lowest BCUT2D eigenvalue weighted by Gasteiger charge is -2.21. The van der Waals surface area contributed by atoms with Crippen LogP contribution >= 0.6 is 15.6 Å². The molecule has 0 aromatic carbocycles. The number of phosphoric acid groups is 2. The minimum absolute atomic E-state index is 0.108. The lowest BCUT2D eigenvalue weighted by molar-refractivity contribution is -0.161. The molecule has 606 valence electrons. The van der Waals surface area contributed by atoms with Crippen LogP contribution in [0.2, 0.25) is 0 Å². The Hall–Kier alpha value is -1.94. The van der Waals surface area contributed by atoms with Gasteiger partial charge in [-0.3, -0.25) is 37.3 Å². The molecular formula is C83H162O17P2. The zero-order valence-electron chi connectivity index (χ0n) is 66.8. The smallest absolute Gasteiger partial charge is 0.462 e. The Morgan fingerprint density at radius 2 is 0.451 bits per heavy atom. The highest BCUT2D eigenvalue weighted by atomic mass is 31.2. The van der Waals surface area contributed by atoms with Gasteiger partial charge >= 0.3 is 39.5 Å². The monoisotopic (exact) mass is 1490 g/mol. The molecule has 2 unspecified atom stereocenters. The Balaban J connectivity index is 5.24. The van der Waals surface area contributed by atoms with E-state index >= 15 is 0 Å². The second kappa shape index (κ2) is 75.9. The summed E-state index contributed by atoms with van der Waals surface area (Å²) >= 11 is 0. The fourth-order valence-corrected chi connectivity index (χ4v) is 14.5. The quantitative estimate of drug-likeness (QED) is 0.0222. The average molecular weight is 1490 g/mol. The van der Waals surface area contributed by atoms with Crippen LogP contribution in [0.3, 0.4) is 0 Å². The van der Waals surface area contributed by atoms with E-state index in [1.807, 2.05) is 0 Å². The predicted molar refractivity (Wildman–Crippen MR) is 418 cm³/mol. The summed E-state index contributed by atoms with van der Waals surface area (Å²) in [6.45, 7) is 7.38. The van der Waals surface area contributed by atoms with Crippen LogP contribution in [-0.4, -0.2) is 96.7 Å². The molecule has 19 heteroatoms. The van der Waals surface area contributed by atoms with Gasteiger partial charge in [0.2, 0.25) is 0 Å². The molecule has 0 heterocycles. The maximum Gasteiger partial charge on any atom is 0.472 e. The van der Waals surface area contributed by atoms with Crippen LogP contribution in [0.4, 0.5) is 0 Å². The summed E-state index contributed by atoms with van der Waals surface area (Å²) < 4.78 is 68.8. The first-order valence-corrected chi connectivity index (χ1v) is 46.1. The summed E-state index contributed by atoms with van der Waals surface area (Å²) in [7, 11) is -9.92. The third kappa shape index (κ3) is 76.3. The fourth-order valence-electron chi connectivity index (χ4n) is 12.9. The van der Waals surface area contributed by atoms with E-state index in [9.17, 15) is 43.2 Å². The Morgan fingerprint density at radius 3 is 0.667 bits per heavy atom. The maximum absolute atomic E-state index is 13.1. The molecule has 0 bridgehead atoms. The Morgan fingerprint density at radius 1 is 0.265 bits per heavy atom. The van der Waals surface area contributed by atoms with E-state index in [4.69, 9.17) is 37.0 Å². The molecule has 0 saturated carbocycles. The van der Waals surface area contributed by atoms with E-state index in [2.05, 4.69) is 34.6 Å². The first kappa shape index (κ1) is 100. The summed E-state index contributed by atoms with van der Waals surface area (Å²) in [5, 5.41) is 10.7. The van der Waals surface area contributed by atoms with E-state index in [1.165, 1.54) is 270 Å². The lowest BCUT2D eigenvalue weighted by atomic mass is 10.0. The summed E-state index contributed by atoms with van der Waals surface area (Å²) in [5.74, 6) is -1.29. The van der Waals surface area contributed by atoms with Crippen molar-refractivity contribution in [2.75, 3.05) is 39.6 Å². The number of hydrogen-bond donors (Lipinski definition) is 3. The van der Waals surface area contributed by atoms with Crippen LogP contribution in [0, 0.1) is 5.92 Å². The molecule has 0 aliphatic rings. The Bertz CT molecular complexity index is 1940. The van der Waals surface area contributed by atoms with Crippen molar-refractivity contribution in [3.8, 4) is 0 Å². The van der Waals surface area contributed by atoms with Gasteiger partial charge in [-0.1, -0.05) is 394 Å². The molecule has 0 spiro atoms. The molecule has 0 aliphatic carbocycles. The summed E-state index contributed by atoms with van der Waals surface area (Å²) in [6, 6.07) is 0. The van der Waals surface area contributed by atoms with Gasteiger partial charge in [0.15, 0.2) is 12.2 Å². The van der Waals surface area contributed by atoms with E-state index in [1.54, 1.807) is 0 Å². The molecule has 17 nitrogen and oxygen atoms in total. The van der Waals surface area contributed by atoms with Crippen molar-refractivity contribution in [1.82, 2.24) is 0 Å². The van der Waals surface area contributed by atoms with Gasteiger partial charge in [-0.15, -0.1) is 0 Å². The van der Waals surface area contributed by atoms with E-state index in [-0.39, 0.29) is 25.7 Å². The van der Waals surface area contributed by atoms with Crippen LogP contribution in [0.1, 0.15) is 446 Å². The molecule has 0 fully saturated rings. The number of esters is 4. The van der Waals surface area contributed by atoms with Gasteiger partial charge in [-0.05, 0) is 31.6 Å². The van der Waals surface area contributed by atoms with Crippen LogP contribution in [-0.2, 0) is 65.4 Å². The van der Waals surface area contributed by atoms with Gasteiger partial charge in [-0.2, -0.15) is 0 Å². The van der Waals surface area contributed by atoms with Crippen molar-refractivity contribution in [2.45, 2.75) is 464 Å². The Labute approximate surface area is 626 Å². The van der Waals surface area contributed by atoms with Gasteiger partial charge in [0.25, 0.3) is 0 Å². The highest BCUT2D eigenvalue weighted by Gasteiger charge is 2.30. The Kier molecular flexibility index (Phi) is 74.4.